The van der Waals surface area contributed by atoms with Gasteiger partial charge in [0, 0.05) is 13.7 Å². The highest BCUT2D eigenvalue weighted by Gasteiger charge is 2.19. The van der Waals surface area contributed by atoms with Crippen LogP contribution in [-0.4, -0.2) is 39.0 Å². The van der Waals surface area contributed by atoms with Crippen LogP contribution in [-0.2, 0) is 21.0 Å². The van der Waals surface area contributed by atoms with Gasteiger partial charge in [0.15, 0.2) is 9.84 Å². The second-order valence-corrected chi connectivity index (χ2v) is 6.22. The van der Waals surface area contributed by atoms with E-state index in [2.05, 4.69) is 0 Å². The van der Waals surface area contributed by atoms with E-state index in [1.807, 2.05) is 6.92 Å². The molecule has 0 aromatic heterocycles. The Balaban J connectivity index is 3.15. The molecule has 0 radical (unpaired) electrons. The molecule has 1 aromatic rings. The van der Waals surface area contributed by atoms with E-state index in [0.717, 1.165) is 0 Å². The lowest BCUT2D eigenvalue weighted by atomic mass is 10.1. The monoisotopic (exact) mass is 286 g/mol. The van der Waals surface area contributed by atoms with Gasteiger partial charge in [-0.2, -0.15) is 0 Å². The van der Waals surface area contributed by atoms with Gasteiger partial charge in [0.1, 0.15) is 0 Å². The van der Waals surface area contributed by atoms with E-state index >= 15 is 0 Å². The van der Waals surface area contributed by atoms with E-state index in [9.17, 15) is 13.2 Å². The molecule has 0 bridgehead atoms. The first-order valence-corrected chi connectivity index (χ1v) is 7.65. The van der Waals surface area contributed by atoms with Gasteiger partial charge in [0.25, 0.3) is 0 Å². The maximum absolute atomic E-state index is 12.2. The minimum absolute atomic E-state index is 0.0116. The quantitative estimate of drug-likeness (QED) is 0.772. The number of aryl methyl sites for hydroxylation is 1. The van der Waals surface area contributed by atoms with Gasteiger partial charge in [-0.1, -0.05) is 13.0 Å². The van der Waals surface area contributed by atoms with Crippen LogP contribution in [0.5, 0.6) is 0 Å². The second-order valence-electron chi connectivity index (χ2n) is 4.15. The molecule has 0 fully saturated rings. The molecule has 1 N–H and O–H groups in total. The lowest BCUT2D eigenvalue weighted by Crippen LogP contribution is -2.12. The number of benzene rings is 1. The van der Waals surface area contributed by atoms with Crippen molar-refractivity contribution in [1.82, 2.24) is 0 Å². The third kappa shape index (κ3) is 4.04. The van der Waals surface area contributed by atoms with Crippen molar-refractivity contribution in [2.24, 2.45) is 0 Å². The van der Waals surface area contributed by atoms with Crippen molar-refractivity contribution >= 4 is 15.8 Å². The predicted octanol–water partition coefficient (Wildman–Crippen LogP) is 1.76. The lowest BCUT2D eigenvalue weighted by Gasteiger charge is -2.10. The molecular formula is C13H18O5S. The molecule has 106 valence electrons. The maximum atomic E-state index is 12.2. The standard InChI is InChI=1S/C13H18O5S/c1-3-10-5-6-11(13(14)15)9-12(10)19(16,17)8-4-7-18-2/h5-6,9H,3-4,7-8H2,1-2H3,(H,14,15). The molecule has 0 aliphatic carbocycles. The molecule has 6 heteroatoms. The molecule has 0 atom stereocenters. The van der Waals surface area contributed by atoms with Crippen molar-refractivity contribution in [3.63, 3.8) is 0 Å². The minimum atomic E-state index is -3.47. The molecule has 0 heterocycles. The molecule has 19 heavy (non-hydrogen) atoms. The third-order valence-electron chi connectivity index (χ3n) is 2.79. The fourth-order valence-electron chi connectivity index (χ4n) is 1.77. The van der Waals surface area contributed by atoms with Crippen LogP contribution in [0.3, 0.4) is 0 Å². The molecule has 5 nitrogen and oxygen atoms in total. The normalized spacial score (nSPS) is 11.5. The number of aromatic carboxylic acids is 1. The zero-order valence-electron chi connectivity index (χ0n) is 11.0. The molecule has 0 saturated carbocycles. The lowest BCUT2D eigenvalue weighted by molar-refractivity contribution is 0.0696. The Labute approximate surface area is 113 Å². The summed E-state index contributed by atoms with van der Waals surface area (Å²) in [6.07, 6.45) is 0.929. The highest BCUT2D eigenvalue weighted by Crippen LogP contribution is 2.20. The predicted molar refractivity (Wildman–Crippen MR) is 71.3 cm³/mol. The van der Waals surface area contributed by atoms with Crippen molar-refractivity contribution in [2.75, 3.05) is 19.5 Å². The highest BCUT2D eigenvalue weighted by atomic mass is 32.2. The van der Waals surface area contributed by atoms with Crippen LogP contribution >= 0.6 is 0 Å². The Morgan fingerprint density at radius 2 is 2.05 bits per heavy atom. The van der Waals surface area contributed by atoms with E-state index in [1.54, 1.807) is 6.07 Å². The number of carboxylic acids is 1. The number of sulfone groups is 1. The molecule has 0 aliphatic rings. The number of carbonyl (C=O) groups is 1. The number of carboxylic acid groups (broad SMARTS) is 1. The van der Waals surface area contributed by atoms with Gasteiger partial charge >= 0.3 is 5.97 Å². The molecule has 0 spiro atoms. The average molecular weight is 286 g/mol. The van der Waals surface area contributed by atoms with Crippen molar-refractivity contribution in [3.8, 4) is 0 Å². The molecule has 1 aromatic carbocycles. The maximum Gasteiger partial charge on any atom is 0.335 e. The Morgan fingerprint density at radius 3 is 2.58 bits per heavy atom. The van der Waals surface area contributed by atoms with Crippen molar-refractivity contribution in [1.29, 1.82) is 0 Å². The van der Waals surface area contributed by atoms with E-state index in [0.29, 0.717) is 25.0 Å². The number of hydrogen-bond donors (Lipinski definition) is 1. The second kappa shape index (κ2) is 6.68. The van der Waals surface area contributed by atoms with Crippen LogP contribution in [0, 0.1) is 0 Å². The Bertz CT molecular complexity index is 548. The highest BCUT2D eigenvalue weighted by molar-refractivity contribution is 7.91. The number of rotatable bonds is 7. The molecule has 0 aliphatic heterocycles. The Hall–Kier alpha value is -1.40. The van der Waals surface area contributed by atoms with Crippen LogP contribution in [0.4, 0.5) is 0 Å². The van der Waals surface area contributed by atoms with Gasteiger partial charge in [-0.3, -0.25) is 0 Å². The zero-order chi connectivity index (χ0) is 14.5. The number of methoxy groups -OCH3 is 1. The third-order valence-corrected chi connectivity index (χ3v) is 4.67. The van der Waals surface area contributed by atoms with Gasteiger partial charge < -0.3 is 9.84 Å². The fraction of sp³-hybridized carbons (Fsp3) is 0.462. The van der Waals surface area contributed by atoms with Gasteiger partial charge in [-0.25, -0.2) is 13.2 Å². The summed E-state index contributed by atoms with van der Waals surface area (Å²) in [7, 11) is -1.97. The van der Waals surface area contributed by atoms with Crippen LogP contribution in [0.2, 0.25) is 0 Å². The molecule has 0 amide bonds. The summed E-state index contributed by atoms with van der Waals surface area (Å²) in [5, 5.41) is 8.94. The fourth-order valence-corrected chi connectivity index (χ4v) is 3.41. The van der Waals surface area contributed by atoms with Crippen molar-refractivity contribution in [3.05, 3.63) is 29.3 Å². The van der Waals surface area contributed by atoms with E-state index < -0.39 is 15.8 Å². The van der Waals surface area contributed by atoms with E-state index in [4.69, 9.17) is 9.84 Å². The zero-order valence-corrected chi connectivity index (χ0v) is 11.9. The summed E-state index contributed by atoms with van der Waals surface area (Å²) in [5.74, 6) is -1.17. The summed E-state index contributed by atoms with van der Waals surface area (Å²) < 4.78 is 29.3. The van der Waals surface area contributed by atoms with Gasteiger partial charge in [0.05, 0.1) is 16.2 Å². The van der Waals surface area contributed by atoms with Gasteiger partial charge in [0.2, 0.25) is 0 Å². The van der Waals surface area contributed by atoms with Crippen molar-refractivity contribution < 1.29 is 23.1 Å². The SMILES string of the molecule is CCc1ccc(C(=O)O)cc1S(=O)(=O)CCCOC. The van der Waals surface area contributed by atoms with Crippen LogP contribution < -0.4 is 0 Å². The summed E-state index contributed by atoms with van der Waals surface area (Å²) in [4.78, 5) is 11.0. The van der Waals surface area contributed by atoms with Crippen LogP contribution in [0.15, 0.2) is 23.1 Å². The van der Waals surface area contributed by atoms with E-state index in [-0.39, 0.29) is 16.2 Å². The average Bonchev–Trinajstić information content (AvgIpc) is 2.38. The number of ether oxygens (including phenoxy) is 1. The largest absolute Gasteiger partial charge is 0.478 e. The summed E-state index contributed by atoms with van der Waals surface area (Å²) in [5.41, 5.74) is 0.630. The molecule has 0 saturated heterocycles. The summed E-state index contributed by atoms with van der Waals surface area (Å²) in [6, 6.07) is 4.23. The first-order chi connectivity index (χ1) is 8.92. The van der Waals surface area contributed by atoms with Crippen molar-refractivity contribution in [2.45, 2.75) is 24.7 Å². The molecule has 1 rings (SSSR count). The Morgan fingerprint density at radius 1 is 1.37 bits per heavy atom. The summed E-state index contributed by atoms with van der Waals surface area (Å²) >= 11 is 0. The smallest absolute Gasteiger partial charge is 0.335 e. The van der Waals surface area contributed by atoms with Crippen LogP contribution in [0.25, 0.3) is 0 Å². The number of hydrogen-bond acceptors (Lipinski definition) is 4. The Kier molecular flexibility index (Phi) is 5.50. The van der Waals surface area contributed by atoms with Gasteiger partial charge in [-0.15, -0.1) is 0 Å². The van der Waals surface area contributed by atoms with E-state index in [1.165, 1.54) is 19.2 Å². The summed E-state index contributed by atoms with van der Waals surface area (Å²) in [6.45, 7) is 2.20. The molecular weight excluding hydrogens is 268 g/mol. The van der Waals surface area contributed by atoms with Gasteiger partial charge in [-0.05, 0) is 30.5 Å². The minimum Gasteiger partial charge on any atom is -0.478 e. The first kappa shape index (κ1) is 15.7. The molecule has 0 unspecified atom stereocenters. The van der Waals surface area contributed by atoms with Crippen LogP contribution in [0.1, 0.15) is 29.3 Å². The first-order valence-electron chi connectivity index (χ1n) is 6.00. The topological polar surface area (TPSA) is 80.7 Å².